The van der Waals surface area contributed by atoms with Gasteiger partial charge in [-0.1, -0.05) is 36.5 Å². The van der Waals surface area contributed by atoms with Crippen LogP contribution in [0, 0.1) is 0 Å². The molecule has 0 spiro atoms. The highest BCUT2D eigenvalue weighted by atomic mass is 32.1. The van der Waals surface area contributed by atoms with Gasteiger partial charge in [-0.3, -0.25) is 5.32 Å². The number of rotatable bonds is 4. The Morgan fingerprint density at radius 3 is 3.14 bits per heavy atom. The summed E-state index contributed by atoms with van der Waals surface area (Å²) in [7, 11) is 0. The lowest BCUT2D eigenvalue weighted by Gasteiger charge is -2.26. The van der Waals surface area contributed by atoms with Crippen molar-refractivity contribution in [2.75, 3.05) is 11.9 Å². The fraction of sp³-hybridized carbons (Fsp3) is 0.400. The molecule has 2 N–H and O–H groups in total. The first-order valence-corrected chi connectivity index (χ1v) is 8.19. The standard InChI is InChI=1S/C15H18N4O2S/c1-2-5-13-18-19-15(22-13)17-14(20)16-11-8-9-21-12-7-4-3-6-10(11)12/h3-4,6-7,11H,2,5,8-9H2,1H3,(H2,16,17,19,20)/t11-/m1/s1. The molecule has 0 aliphatic carbocycles. The van der Waals surface area contributed by atoms with Crippen LogP contribution in [-0.4, -0.2) is 22.8 Å². The Morgan fingerprint density at radius 2 is 2.27 bits per heavy atom. The lowest BCUT2D eigenvalue weighted by Crippen LogP contribution is -2.35. The Balaban J connectivity index is 1.62. The van der Waals surface area contributed by atoms with Gasteiger partial charge in [0.2, 0.25) is 5.13 Å². The number of aromatic nitrogens is 2. The number of anilines is 1. The second-order valence-electron chi connectivity index (χ2n) is 5.08. The molecule has 2 heterocycles. The average Bonchev–Trinajstić information content (AvgIpc) is 2.95. The van der Waals surface area contributed by atoms with Crippen LogP contribution in [0.4, 0.5) is 9.93 Å². The molecule has 6 nitrogen and oxygen atoms in total. The zero-order valence-corrected chi connectivity index (χ0v) is 13.2. The quantitative estimate of drug-likeness (QED) is 0.908. The molecular weight excluding hydrogens is 300 g/mol. The van der Waals surface area contributed by atoms with Gasteiger partial charge in [0.05, 0.1) is 12.6 Å². The molecule has 0 radical (unpaired) electrons. The maximum absolute atomic E-state index is 12.1. The topological polar surface area (TPSA) is 76.1 Å². The first kappa shape index (κ1) is 14.8. The number of aryl methyl sites for hydroxylation is 1. The van der Waals surface area contributed by atoms with Crippen LogP contribution in [-0.2, 0) is 6.42 Å². The minimum absolute atomic E-state index is 0.0482. The van der Waals surface area contributed by atoms with Crippen LogP contribution >= 0.6 is 11.3 Å². The van der Waals surface area contributed by atoms with Crippen molar-refractivity contribution in [3.63, 3.8) is 0 Å². The minimum Gasteiger partial charge on any atom is -0.493 e. The molecule has 2 aromatic rings. The van der Waals surface area contributed by atoms with Gasteiger partial charge in [0, 0.05) is 18.4 Å². The predicted octanol–water partition coefficient (Wildman–Crippen LogP) is 3.14. The van der Waals surface area contributed by atoms with Gasteiger partial charge < -0.3 is 10.1 Å². The number of nitrogens with zero attached hydrogens (tertiary/aromatic N) is 2. The van der Waals surface area contributed by atoms with E-state index in [9.17, 15) is 4.79 Å². The first-order chi connectivity index (χ1) is 10.8. The summed E-state index contributed by atoms with van der Waals surface area (Å²) in [6.07, 6.45) is 2.65. The van der Waals surface area contributed by atoms with E-state index in [-0.39, 0.29) is 12.1 Å². The molecule has 0 unspecified atom stereocenters. The van der Waals surface area contributed by atoms with Crippen molar-refractivity contribution in [3.05, 3.63) is 34.8 Å². The van der Waals surface area contributed by atoms with E-state index in [1.165, 1.54) is 11.3 Å². The van der Waals surface area contributed by atoms with E-state index in [4.69, 9.17) is 4.74 Å². The second kappa shape index (κ2) is 6.74. The number of ether oxygens (including phenoxy) is 1. The van der Waals surface area contributed by atoms with Crippen molar-refractivity contribution in [1.29, 1.82) is 0 Å². The third-order valence-corrected chi connectivity index (χ3v) is 4.31. The van der Waals surface area contributed by atoms with Crippen LogP contribution < -0.4 is 15.4 Å². The highest BCUT2D eigenvalue weighted by Crippen LogP contribution is 2.31. The van der Waals surface area contributed by atoms with Crippen molar-refractivity contribution in [2.45, 2.75) is 32.2 Å². The van der Waals surface area contributed by atoms with E-state index in [1.54, 1.807) is 0 Å². The zero-order chi connectivity index (χ0) is 15.4. The van der Waals surface area contributed by atoms with Gasteiger partial charge >= 0.3 is 6.03 Å². The van der Waals surface area contributed by atoms with E-state index in [0.717, 1.165) is 35.6 Å². The summed E-state index contributed by atoms with van der Waals surface area (Å²) < 4.78 is 5.59. The molecule has 1 aliphatic rings. The van der Waals surface area contributed by atoms with Gasteiger partial charge in [0.1, 0.15) is 10.8 Å². The van der Waals surface area contributed by atoms with Crippen molar-refractivity contribution < 1.29 is 9.53 Å². The molecule has 0 saturated carbocycles. The molecule has 2 amide bonds. The van der Waals surface area contributed by atoms with Crippen LogP contribution in [0.25, 0.3) is 0 Å². The SMILES string of the molecule is CCCc1nnc(NC(=O)N[C@@H]2CCOc3ccccc32)s1. The maximum atomic E-state index is 12.1. The van der Waals surface area contributed by atoms with Gasteiger partial charge in [0.15, 0.2) is 0 Å². The number of carbonyl (C=O) groups is 1. The largest absolute Gasteiger partial charge is 0.493 e. The number of para-hydroxylation sites is 1. The highest BCUT2D eigenvalue weighted by molar-refractivity contribution is 7.15. The van der Waals surface area contributed by atoms with Crippen LogP contribution in [0.2, 0.25) is 0 Å². The van der Waals surface area contributed by atoms with Crippen molar-refractivity contribution in [1.82, 2.24) is 15.5 Å². The summed E-state index contributed by atoms with van der Waals surface area (Å²) in [5.41, 5.74) is 1.01. The lowest BCUT2D eigenvalue weighted by molar-refractivity contribution is 0.232. The minimum atomic E-state index is -0.263. The predicted molar refractivity (Wildman–Crippen MR) is 85.4 cm³/mol. The molecular formula is C15H18N4O2S. The number of benzene rings is 1. The van der Waals surface area contributed by atoms with Gasteiger partial charge in [-0.25, -0.2) is 4.79 Å². The van der Waals surface area contributed by atoms with Gasteiger partial charge in [-0.2, -0.15) is 0 Å². The maximum Gasteiger partial charge on any atom is 0.321 e. The van der Waals surface area contributed by atoms with Gasteiger partial charge in [-0.05, 0) is 12.5 Å². The normalized spacial score (nSPS) is 16.5. The fourth-order valence-corrected chi connectivity index (χ4v) is 3.24. The van der Waals surface area contributed by atoms with E-state index in [2.05, 4.69) is 27.8 Å². The lowest BCUT2D eigenvalue weighted by atomic mass is 10.0. The zero-order valence-electron chi connectivity index (χ0n) is 12.3. The number of hydrogen-bond acceptors (Lipinski definition) is 5. The third kappa shape index (κ3) is 3.36. The molecule has 1 aliphatic heterocycles. The Bertz CT molecular complexity index is 658. The Kier molecular flexibility index (Phi) is 4.53. The molecule has 1 aromatic carbocycles. The summed E-state index contributed by atoms with van der Waals surface area (Å²) in [5.74, 6) is 0.834. The number of hydrogen-bond donors (Lipinski definition) is 2. The van der Waals surface area contributed by atoms with Crippen molar-refractivity contribution in [3.8, 4) is 5.75 Å². The molecule has 116 valence electrons. The number of carbonyl (C=O) groups excluding carboxylic acids is 1. The van der Waals surface area contributed by atoms with E-state index in [1.807, 2.05) is 24.3 Å². The Morgan fingerprint density at radius 1 is 1.41 bits per heavy atom. The molecule has 1 aromatic heterocycles. The van der Waals surface area contributed by atoms with Crippen LogP contribution in [0.15, 0.2) is 24.3 Å². The number of urea groups is 1. The van der Waals surface area contributed by atoms with Gasteiger partial charge in [0.25, 0.3) is 0 Å². The molecule has 0 fully saturated rings. The van der Waals surface area contributed by atoms with E-state index < -0.39 is 0 Å². The summed E-state index contributed by atoms with van der Waals surface area (Å²) in [5, 5.41) is 15.2. The summed E-state index contributed by atoms with van der Waals surface area (Å²) in [4.78, 5) is 12.1. The number of amides is 2. The second-order valence-corrected chi connectivity index (χ2v) is 6.14. The van der Waals surface area contributed by atoms with Gasteiger partial charge in [-0.15, -0.1) is 10.2 Å². The first-order valence-electron chi connectivity index (χ1n) is 7.38. The Hall–Kier alpha value is -2.15. The van der Waals surface area contributed by atoms with Crippen LogP contribution in [0.5, 0.6) is 5.75 Å². The molecule has 3 rings (SSSR count). The molecule has 22 heavy (non-hydrogen) atoms. The van der Waals surface area contributed by atoms with Crippen LogP contribution in [0.1, 0.15) is 36.4 Å². The molecule has 1 atom stereocenters. The number of nitrogens with one attached hydrogen (secondary N) is 2. The smallest absolute Gasteiger partial charge is 0.321 e. The van der Waals surface area contributed by atoms with E-state index in [0.29, 0.717) is 11.7 Å². The molecule has 0 saturated heterocycles. The van der Waals surface area contributed by atoms with Crippen molar-refractivity contribution in [2.24, 2.45) is 0 Å². The summed E-state index contributed by atoms with van der Waals surface area (Å²) >= 11 is 1.41. The fourth-order valence-electron chi connectivity index (χ4n) is 2.40. The molecule has 0 bridgehead atoms. The average molecular weight is 318 g/mol. The van der Waals surface area contributed by atoms with E-state index >= 15 is 0 Å². The Labute approximate surface area is 132 Å². The van der Waals surface area contributed by atoms with Crippen molar-refractivity contribution >= 4 is 22.5 Å². The monoisotopic (exact) mass is 318 g/mol. The molecule has 7 heteroatoms. The van der Waals surface area contributed by atoms with Crippen LogP contribution in [0.3, 0.4) is 0 Å². The highest BCUT2D eigenvalue weighted by Gasteiger charge is 2.22. The third-order valence-electron chi connectivity index (χ3n) is 3.42. The number of fused-ring (bicyclic) bond motifs is 1. The summed E-state index contributed by atoms with van der Waals surface area (Å²) in [6.45, 7) is 2.69. The summed E-state index contributed by atoms with van der Waals surface area (Å²) in [6, 6.07) is 7.46.